The maximum Gasteiger partial charge on any atom is 0.329 e. The highest BCUT2D eigenvalue weighted by Gasteiger charge is 2.48. The zero-order chi connectivity index (χ0) is 32.4. The molecule has 0 aromatic heterocycles. The molecule has 0 atom stereocenters. The largest absolute Gasteiger partial charge is 0.377 e. The number of anilines is 5. The first-order chi connectivity index (χ1) is 24.1. The van der Waals surface area contributed by atoms with Crippen LogP contribution in [0.2, 0.25) is 0 Å². The number of hydrogen-bond donors (Lipinski definition) is 0. The van der Waals surface area contributed by atoms with Crippen LogP contribution in [-0.2, 0) is 5.41 Å². The van der Waals surface area contributed by atoms with E-state index in [9.17, 15) is 0 Å². The molecule has 4 aliphatic rings. The quantitative estimate of drug-likeness (QED) is 0.184. The smallest absolute Gasteiger partial charge is 0.329 e. The third kappa shape index (κ3) is 3.48. The van der Waals surface area contributed by atoms with Crippen LogP contribution in [0.1, 0.15) is 25.0 Å². The van der Waals surface area contributed by atoms with Crippen molar-refractivity contribution in [1.29, 1.82) is 0 Å². The average molecular weight is 622 g/mol. The van der Waals surface area contributed by atoms with Gasteiger partial charge in [-0.1, -0.05) is 153 Å². The second-order valence-electron chi connectivity index (χ2n) is 14.5. The fourth-order valence-electron chi connectivity index (χ4n) is 9.63. The molecular weight excluding hydrogens is 590 g/mol. The Labute approximate surface area is 288 Å². The normalized spacial score (nSPS) is 15.1. The molecule has 0 amide bonds. The lowest BCUT2D eigenvalue weighted by molar-refractivity contribution is 0.632. The molecule has 0 spiro atoms. The first kappa shape index (κ1) is 27.2. The van der Waals surface area contributed by atoms with Crippen LogP contribution >= 0.6 is 0 Å². The highest BCUT2D eigenvalue weighted by molar-refractivity contribution is 7.01. The number of fused-ring (bicyclic) bond motifs is 8. The van der Waals surface area contributed by atoms with Gasteiger partial charge in [-0.25, -0.2) is 0 Å². The molecule has 7 aromatic rings. The van der Waals surface area contributed by atoms with Crippen LogP contribution in [0, 0.1) is 0 Å². The highest BCUT2D eigenvalue weighted by atomic mass is 15.2. The van der Waals surface area contributed by atoms with E-state index < -0.39 is 0 Å². The first-order valence-electron chi connectivity index (χ1n) is 17.4. The Morgan fingerprint density at radius 3 is 1.43 bits per heavy atom. The van der Waals surface area contributed by atoms with Gasteiger partial charge in [0.2, 0.25) is 6.71 Å². The summed E-state index contributed by atoms with van der Waals surface area (Å²) < 4.78 is 0. The molecule has 0 saturated carbocycles. The van der Waals surface area contributed by atoms with Gasteiger partial charge in [0.1, 0.15) is 0 Å². The summed E-state index contributed by atoms with van der Waals surface area (Å²) in [7, 11) is 0. The molecule has 2 nitrogen and oxygen atoms in total. The lowest BCUT2D eigenvalue weighted by Crippen LogP contribution is -2.67. The van der Waals surface area contributed by atoms with Crippen molar-refractivity contribution in [2.75, 3.05) is 9.71 Å². The Balaban J connectivity index is 1.13. The molecule has 0 fully saturated rings. The summed E-state index contributed by atoms with van der Waals surface area (Å²) in [6.07, 6.45) is 0. The minimum Gasteiger partial charge on any atom is -0.377 e. The molecule has 4 aliphatic heterocycles. The fraction of sp³-hybridized carbons (Fsp3) is 0.0667. The second kappa shape index (κ2) is 9.67. The van der Waals surface area contributed by atoms with Crippen molar-refractivity contribution in [2.45, 2.75) is 19.3 Å². The number of rotatable bonds is 2. The third-order valence-electron chi connectivity index (χ3n) is 11.7. The van der Waals surface area contributed by atoms with Gasteiger partial charge in [0.25, 0.3) is 0 Å². The number of hydrogen-bond acceptors (Lipinski definition) is 2. The van der Waals surface area contributed by atoms with Crippen molar-refractivity contribution in [3.05, 3.63) is 169 Å². The Morgan fingerprint density at radius 1 is 0.429 bits per heavy atom. The molecule has 0 saturated heterocycles. The van der Waals surface area contributed by atoms with Gasteiger partial charge >= 0.3 is 6.85 Å². The minimum absolute atomic E-state index is 0.0779. The first-order valence-corrected chi connectivity index (χ1v) is 17.4. The predicted molar refractivity (Wildman–Crippen MR) is 209 cm³/mol. The Morgan fingerprint density at radius 2 is 0.878 bits per heavy atom. The molecule has 0 unspecified atom stereocenters. The van der Waals surface area contributed by atoms with Crippen molar-refractivity contribution in [3.8, 4) is 22.3 Å². The SMILES string of the molecule is CC1(C)c2ccccc2N(c2ccc(B3c4cccc5c4N4B(c6ccccc6-5)c5ccccc5-c5cccc3c54)cc2)c2ccccc21. The van der Waals surface area contributed by atoms with Gasteiger partial charge in [-0.05, 0) is 68.4 Å². The van der Waals surface area contributed by atoms with E-state index in [0.29, 0.717) is 0 Å². The Bertz CT molecular complexity index is 2370. The van der Waals surface area contributed by atoms with Gasteiger partial charge < -0.3 is 9.71 Å². The van der Waals surface area contributed by atoms with E-state index in [4.69, 9.17) is 0 Å². The Kier molecular flexibility index (Phi) is 5.38. The molecule has 228 valence electrons. The molecule has 0 bridgehead atoms. The molecule has 11 rings (SSSR count). The highest BCUT2D eigenvalue weighted by Crippen LogP contribution is 2.52. The van der Waals surface area contributed by atoms with E-state index in [-0.39, 0.29) is 19.0 Å². The molecule has 7 aromatic carbocycles. The zero-order valence-electron chi connectivity index (χ0n) is 27.6. The van der Waals surface area contributed by atoms with Gasteiger partial charge in [-0.3, -0.25) is 0 Å². The Hall–Kier alpha value is -5.73. The molecule has 4 heteroatoms. The fourth-order valence-corrected chi connectivity index (χ4v) is 9.63. The summed E-state index contributed by atoms with van der Waals surface area (Å²) in [6, 6.07) is 59.3. The van der Waals surface area contributed by atoms with Gasteiger partial charge in [-0.2, -0.15) is 0 Å². The molecule has 0 radical (unpaired) electrons. The lowest BCUT2D eigenvalue weighted by atomic mass is 9.32. The van der Waals surface area contributed by atoms with Gasteiger partial charge in [0.15, 0.2) is 0 Å². The van der Waals surface area contributed by atoms with Gasteiger partial charge in [-0.15, -0.1) is 0 Å². The standard InChI is InChI=1S/C45H32B2N2/c1-45(2)35-17-5-9-23-41(35)48(42-24-10-6-18-36(42)45)30-27-25-29(26-28-30)46-39-21-11-15-33-31-13-3-7-19-37(31)47-38-20-8-4-14-32(38)34-16-12-22-40(46)44(34)49(47)43(33)39/h3-28H,1-2H3. The van der Waals surface area contributed by atoms with E-state index in [2.05, 4.69) is 181 Å². The zero-order valence-corrected chi connectivity index (χ0v) is 27.6. The lowest BCUT2D eigenvalue weighted by Gasteiger charge is -2.49. The number of para-hydroxylation sites is 4. The van der Waals surface area contributed by atoms with Crippen LogP contribution in [-0.4, -0.2) is 13.6 Å². The maximum absolute atomic E-state index is 2.67. The summed E-state index contributed by atoms with van der Waals surface area (Å²) >= 11 is 0. The monoisotopic (exact) mass is 622 g/mol. The second-order valence-corrected chi connectivity index (χ2v) is 14.5. The number of benzene rings is 7. The summed E-state index contributed by atoms with van der Waals surface area (Å²) in [5.41, 5.74) is 21.2. The summed E-state index contributed by atoms with van der Waals surface area (Å²) in [6.45, 7) is 4.95. The van der Waals surface area contributed by atoms with Crippen molar-refractivity contribution in [3.63, 3.8) is 0 Å². The van der Waals surface area contributed by atoms with Crippen molar-refractivity contribution >= 4 is 69.3 Å². The van der Waals surface area contributed by atoms with Crippen molar-refractivity contribution in [1.82, 2.24) is 0 Å². The molecular formula is C45H32B2N2. The van der Waals surface area contributed by atoms with E-state index in [0.717, 1.165) is 0 Å². The topological polar surface area (TPSA) is 6.48 Å². The summed E-state index contributed by atoms with van der Waals surface area (Å²) in [5, 5.41) is 0. The summed E-state index contributed by atoms with van der Waals surface area (Å²) in [4.78, 5) is 5.13. The van der Waals surface area contributed by atoms with Gasteiger partial charge in [0.05, 0.1) is 11.4 Å². The van der Waals surface area contributed by atoms with E-state index >= 15 is 0 Å². The maximum atomic E-state index is 2.67. The van der Waals surface area contributed by atoms with Crippen molar-refractivity contribution < 1.29 is 0 Å². The van der Waals surface area contributed by atoms with Crippen LogP contribution in [0.3, 0.4) is 0 Å². The van der Waals surface area contributed by atoms with Crippen LogP contribution in [0.15, 0.2) is 158 Å². The van der Waals surface area contributed by atoms with Crippen LogP contribution in [0.5, 0.6) is 0 Å². The molecule has 49 heavy (non-hydrogen) atoms. The van der Waals surface area contributed by atoms with Crippen molar-refractivity contribution in [2.24, 2.45) is 0 Å². The number of nitrogens with zero attached hydrogens (tertiary/aromatic N) is 2. The minimum atomic E-state index is -0.0779. The van der Waals surface area contributed by atoms with Gasteiger partial charge in [0, 0.05) is 33.6 Å². The van der Waals surface area contributed by atoms with E-state index in [1.165, 1.54) is 89.1 Å². The predicted octanol–water partition coefficient (Wildman–Crippen LogP) is 7.53. The van der Waals surface area contributed by atoms with E-state index in [1.807, 2.05) is 0 Å². The average Bonchev–Trinajstić information content (AvgIpc) is 3.15. The molecule has 0 N–H and O–H groups in total. The van der Waals surface area contributed by atoms with Crippen LogP contribution < -0.4 is 37.0 Å². The van der Waals surface area contributed by atoms with Crippen LogP contribution in [0.4, 0.5) is 28.4 Å². The van der Waals surface area contributed by atoms with E-state index in [1.54, 1.807) is 0 Å². The third-order valence-corrected chi connectivity index (χ3v) is 11.7. The molecule has 0 aliphatic carbocycles. The summed E-state index contributed by atoms with van der Waals surface area (Å²) in [5.74, 6) is 0. The van der Waals surface area contributed by atoms with Crippen LogP contribution in [0.25, 0.3) is 22.3 Å². The molecule has 4 heterocycles.